The molecule has 0 aromatic heterocycles. The average Bonchev–Trinajstić information content (AvgIpc) is 2.47. The number of hydrogen-bond donors (Lipinski definition) is 2. The summed E-state index contributed by atoms with van der Waals surface area (Å²) in [5, 5.41) is 3.02. The number of nitrogens with one attached hydrogen (secondary N) is 1. The molecule has 2 rings (SSSR count). The van der Waals surface area contributed by atoms with Crippen LogP contribution >= 0.6 is 0 Å². The van der Waals surface area contributed by atoms with Crippen LogP contribution in [0.25, 0.3) is 0 Å². The highest BCUT2D eigenvalue weighted by Crippen LogP contribution is 2.32. The lowest BCUT2D eigenvalue weighted by molar-refractivity contribution is -0.122. The van der Waals surface area contributed by atoms with Crippen molar-refractivity contribution in [2.24, 2.45) is 17.6 Å². The summed E-state index contributed by atoms with van der Waals surface area (Å²) in [7, 11) is 1.61. The van der Waals surface area contributed by atoms with Gasteiger partial charge in [-0.05, 0) is 49.9 Å². The fourth-order valence-electron chi connectivity index (χ4n) is 2.98. The maximum absolute atomic E-state index is 12.5. The molecular formula is C16H24N2O2. The smallest absolute Gasteiger partial charge is 0.227 e. The molecule has 4 nitrogen and oxygen atoms in total. The minimum Gasteiger partial charge on any atom is -0.495 e. The Hall–Kier alpha value is -1.55. The van der Waals surface area contributed by atoms with Crippen LogP contribution in [0, 0.1) is 18.8 Å². The Morgan fingerprint density at radius 3 is 2.85 bits per heavy atom. The van der Waals surface area contributed by atoms with Gasteiger partial charge < -0.3 is 15.8 Å². The number of aryl methyl sites for hydroxylation is 1. The van der Waals surface area contributed by atoms with Crippen molar-refractivity contribution >= 4 is 11.6 Å². The molecular weight excluding hydrogens is 252 g/mol. The van der Waals surface area contributed by atoms with Gasteiger partial charge in [-0.3, -0.25) is 4.79 Å². The number of rotatable bonds is 4. The van der Waals surface area contributed by atoms with Crippen molar-refractivity contribution in [3.05, 3.63) is 23.8 Å². The number of benzene rings is 1. The molecule has 2 unspecified atom stereocenters. The number of anilines is 1. The van der Waals surface area contributed by atoms with Crippen molar-refractivity contribution in [3.8, 4) is 5.75 Å². The monoisotopic (exact) mass is 276 g/mol. The van der Waals surface area contributed by atoms with E-state index in [0.717, 1.165) is 30.5 Å². The summed E-state index contributed by atoms with van der Waals surface area (Å²) < 4.78 is 5.30. The Balaban J connectivity index is 2.12. The molecule has 1 aromatic carbocycles. The second-order valence-electron chi connectivity index (χ2n) is 5.58. The molecule has 1 aliphatic carbocycles. The summed E-state index contributed by atoms with van der Waals surface area (Å²) in [4.78, 5) is 12.5. The third-order valence-corrected chi connectivity index (χ3v) is 4.16. The molecule has 0 bridgehead atoms. The first kappa shape index (κ1) is 14.9. The number of hydrogen-bond acceptors (Lipinski definition) is 3. The minimum absolute atomic E-state index is 0.0268. The van der Waals surface area contributed by atoms with E-state index in [1.807, 2.05) is 25.1 Å². The Morgan fingerprint density at radius 2 is 2.15 bits per heavy atom. The van der Waals surface area contributed by atoms with Gasteiger partial charge in [0.1, 0.15) is 5.75 Å². The Morgan fingerprint density at radius 1 is 1.40 bits per heavy atom. The van der Waals surface area contributed by atoms with E-state index in [1.165, 1.54) is 6.42 Å². The molecule has 1 aromatic rings. The van der Waals surface area contributed by atoms with Gasteiger partial charge in [0.05, 0.1) is 12.8 Å². The SMILES string of the molecule is COc1ccc(C)cc1NC(=O)C1CCCCC1CN. The summed E-state index contributed by atoms with van der Waals surface area (Å²) in [5.74, 6) is 1.10. The fraction of sp³-hybridized carbons (Fsp3) is 0.562. The van der Waals surface area contributed by atoms with Crippen LogP contribution in [0.5, 0.6) is 5.75 Å². The largest absolute Gasteiger partial charge is 0.495 e. The highest BCUT2D eigenvalue weighted by molar-refractivity contribution is 5.94. The van der Waals surface area contributed by atoms with Crippen LogP contribution in [0.3, 0.4) is 0 Å². The van der Waals surface area contributed by atoms with Gasteiger partial charge in [-0.25, -0.2) is 0 Å². The molecule has 1 amide bonds. The normalized spacial score (nSPS) is 22.4. The summed E-state index contributed by atoms with van der Waals surface area (Å²) in [6.07, 6.45) is 4.28. The predicted molar refractivity (Wildman–Crippen MR) is 80.9 cm³/mol. The number of ether oxygens (including phenoxy) is 1. The molecule has 0 aliphatic heterocycles. The van der Waals surface area contributed by atoms with Crippen LogP contribution in [0.2, 0.25) is 0 Å². The van der Waals surface area contributed by atoms with Gasteiger partial charge in [0.15, 0.2) is 0 Å². The first-order valence-corrected chi connectivity index (χ1v) is 7.31. The Bertz CT molecular complexity index is 474. The lowest BCUT2D eigenvalue weighted by atomic mass is 9.78. The van der Waals surface area contributed by atoms with Crippen LogP contribution in [-0.2, 0) is 4.79 Å². The lowest BCUT2D eigenvalue weighted by Crippen LogP contribution is -2.35. The number of carbonyl (C=O) groups is 1. The van der Waals surface area contributed by atoms with Gasteiger partial charge in [0, 0.05) is 5.92 Å². The van der Waals surface area contributed by atoms with Gasteiger partial charge >= 0.3 is 0 Å². The number of carbonyl (C=O) groups excluding carboxylic acids is 1. The molecule has 1 fully saturated rings. The van der Waals surface area contributed by atoms with Crippen molar-refractivity contribution in [2.75, 3.05) is 19.0 Å². The molecule has 0 heterocycles. The van der Waals surface area contributed by atoms with Crippen molar-refractivity contribution in [2.45, 2.75) is 32.6 Å². The van der Waals surface area contributed by atoms with Gasteiger partial charge in [0.2, 0.25) is 5.91 Å². The van der Waals surface area contributed by atoms with Crippen molar-refractivity contribution in [1.82, 2.24) is 0 Å². The number of nitrogens with two attached hydrogens (primary N) is 1. The van der Waals surface area contributed by atoms with Gasteiger partial charge in [-0.15, -0.1) is 0 Å². The van der Waals surface area contributed by atoms with Crippen LogP contribution in [0.1, 0.15) is 31.2 Å². The van der Waals surface area contributed by atoms with Crippen LogP contribution in [0.4, 0.5) is 5.69 Å². The van der Waals surface area contributed by atoms with E-state index in [0.29, 0.717) is 18.2 Å². The topological polar surface area (TPSA) is 64.3 Å². The van der Waals surface area contributed by atoms with Crippen LogP contribution in [0.15, 0.2) is 18.2 Å². The van der Waals surface area contributed by atoms with Crippen molar-refractivity contribution in [1.29, 1.82) is 0 Å². The quantitative estimate of drug-likeness (QED) is 0.888. The standard InChI is InChI=1S/C16H24N2O2/c1-11-7-8-15(20-2)14(9-11)18-16(19)13-6-4-3-5-12(13)10-17/h7-9,12-13H,3-6,10,17H2,1-2H3,(H,18,19). The molecule has 110 valence electrons. The van der Waals surface area contributed by atoms with Crippen molar-refractivity contribution in [3.63, 3.8) is 0 Å². The fourth-order valence-corrected chi connectivity index (χ4v) is 2.98. The molecule has 20 heavy (non-hydrogen) atoms. The highest BCUT2D eigenvalue weighted by Gasteiger charge is 2.30. The lowest BCUT2D eigenvalue weighted by Gasteiger charge is -2.29. The van der Waals surface area contributed by atoms with E-state index in [-0.39, 0.29) is 11.8 Å². The van der Waals surface area contributed by atoms with Crippen LogP contribution < -0.4 is 15.8 Å². The second kappa shape index (κ2) is 6.75. The molecule has 4 heteroatoms. The van der Waals surface area contributed by atoms with Gasteiger partial charge in [-0.1, -0.05) is 18.9 Å². The second-order valence-corrected chi connectivity index (χ2v) is 5.58. The van der Waals surface area contributed by atoms with Crippen LogP contribution in [-0.4, -0.2) is 19.6 Å². The summed E-state index contributed by atoms with van der Waals surface area (Å²) >= 11 is 0. The van der Waals surface area contributed by atoms with E-state index >= 15 is 0 Å². The zero-order valence-electron chi connectivity index (χ0n) is 12.3. The zero-order valence-corrected chi connectivity index (χ0v) is 12.3. The number of methoxy groups -OCH3 is 1. The Labute approximate surface area is 120 Å². The van der Waals surface area contributed by atoms with Gasteiger partial charge in [-0.2, -0.15) is 0 Å². The average molecular weight is 276 g/mol. The third kappa shape index (κ3) is 3.31. The summed E-state index contributed by atoms with van der Waals surface area (Å²) in [6, 6.07) is 5.79. The van der Waals surface area contributed by atoms with Crippen molar-refractivity contribution < 1.29 is 9.53 Å². The number of amides is 1. The molecule has 2 atom stereocenters. The van der Waals surface area contributed by atoms with E-state index < -0.39 is 0 Å². The highest BCUT2D eigenvalue weighted by atomic mass is 16.5. The molecule has 0 radical (unpaired) electrons. The molecule has 3 N–H and O–H groups in total. The third-order valence-electron chi connectivity index (χ3n) is 4.16. The molecule has 0 spiro atoms. The maximum Gasteiger partial charge on any atom is 0.227 e. The minimum atomic E-state index is 0.0268. The first-order chi connectivity index (χ1) is 9.65. The van der Waals surface area contributed by atoms with Gasteiger partial charge in [0.25, 0.3) is 0 Å². The zero-order chi connectivity index (χ0) is 14.5. The van der Waals surface area contributed by atoms with E-state index in [9.17, 15) is 4.79 Å². The molecule has 1 aliphatic rings. The van der Waals surface area contributed by atoms with E-state index in [2.05, 4.69) is 5.32 Å². The maximum atomic E-state index is 12.5. The summed E-state index contributed by atoms with van der Waals surface area (Å²) in [5.41, 5.74) is 7.65. The summed E-state index contributed by atoms with van der Waals surface area (Å²) in [6.45, 7) is 2.58. The molecule has 0 saturated heterocycles. The predicted octanol–water partition coefficient (Wildman–Crippen LogP) is 2.71. The molecule has 1 saturated carbocycles. The van der Waals surface area contributed by atoms with E-state index in [1.54, 1.807) is 7.11 Å². The Kier molecular flexibility index (Phi) is 5.01. The first-order valence-electron chi connectivity index (χ1n) is 7.31. The van der Waals surface area contributed by atoms with E-state index in [4.69, 9.17) is 10.5 Å².